The number of para-hydroxylation sites is 1. The Morgan fingerprint density at radius 3 is 2.41 bits per heavy atom. The zero-order valence-corrected chi connectivity index (χ0v) is 17.1. The van der Waals surface area contributed by atoms with Crippen LogP contribution in [0.1, 0.15) is 51.5 Å². The molecular weight excluding hydrogens is 340 g/mol. The Hall–Kier alpha value is -2.04. The van der Waals surface area contributed by atoms with E-state index in [0.29, 0.717) is 32.5 Å². The van der Waals surface area contributed by atoms with Crippen molar-refractivity contribution in [2.75, 3.05) is 32.8 Å². The molecule has 0 aliphatic carbocycles. The van der Waals surface area contributed by atoms with E-state index in [0.717, 1.165) is 43.7 Å². The third-order valence-corrected chi connectivity index (χ3v) is 5.38. The second-order valence-electron chi connectivity index (χ2n) is 7.29. The number of ether oxygens (including phenoxy) is 1. The van der Waals surface area contributed by atoms with Crippen molar-refractivity contribution in [3.05, 3.63) is 29.8 Å². The summed E-state index contributed by atoms with van der Waals surface area (Å²) < 4.78 is 5.78. The summed E-state index contributed by atoms with van der Waals surface area (Å²) in [5.74, 6) is 1.42. The van der Waals surface area contributed by atoms with Crippen LogP contribution in [0.25, 0.3) is 0 Å². The molecule has 2 rings (SSSR count). The topological polar surface area (TPSA) is 49.9 Å². The molecule has 1 saturated heterocycles. The number of carbonyl (C=O) groups excluding carboxylic acids is 2. The predicted octanol–water partition coefficient (Wildman–Crippen LogP) is 3.65. The molecule has 150 valence electrons. The number of hydrogen-bond donors (Lipinski definition) is 0. The van der Waals surface area contributed by atoms with Crippen molar-refractivity contribution in [2.45, 2.75) is 52.9 Å². The van der Waals surface area contributed by atoms with Gasteiger partial charge in [-0.1, -0.05) is 32.0 Å². The Labute approximate surface area is 163 Å². The summed E-state index contributed by atoms with van der Waals surface area (Å²) >= 11 is 0. The van der Waals surface area contributed by atoms with Crippen LogP contribution in [0.3, 0.4) is 0 Å². The molecule has 5 nitrogen and oxygen atoms in total. The minimum Gasteiger partial charge on any atom is -0.493 e. The maximum absolute atomic E-state index is 12.6. The first-order valence-corrected chi connectivity index (χ1v) is 10.3. The molecule has 0 spiro atoms. The maximum Gasteiger partial charge on any atom is 0.225 e. The summed E-state index contributed by atoms with van der Waals surface area (Å²) in [6.07, 6.45) is 3.83. The van der Waals surface area contributed by atoms with E-state index in [1.165, 1.54) is 0 Å². The Morgan fingerprint density at radius 1 is 1.04 bits per heavy atom. The number of rotatable bonds is 8. The van der Waals surface area contributed by atoms with E-state index in [1.807, 2.05) is 41.0 Å². The quantitative estimate of drug-likeness (QED) is 0.653. The Bertz CT molecular complexity index is 613. The van der Waals surface area contributed by atoms with Crippen LogP contribution < -0.4 is 4.74 Å². The highest BCUT2D eigenvalue weighted by Crippen LogP contribution is 2.17. The van der Waals surface area contributed by atoms with Gasteiger partial charge in [-0.3, -0.25) is 9.59 Å². The van der Waals surface area contributed by atoms with Gasteiger partial charge in [-0.25, -0.2) is 0 Å². The molecule has 0 radical (unpaired) electrons. The minimum atomic E-state index is 0.117. The molecule has 1 fully saturated rings. The lowest BCUT2D eigenvalue weighted by molar-refractivity contribution is -0.136. The third-order valence-electron chi connectivity index (χ3n) is 5.38. The van der Waals surface area contributed by atoms with Crippen molar-refractivity contribution in [1.82, 2.24) is 9.80 Å². The molecule has 0 unspecified atom stereocenters. The van der Waals surface area contributed by atoms with Gasteiger partial charge in [0.2, 0.25) is 11.8 Å². The normalized spacial score (nSPS) is 15.0. The lowest BCUT2D eigenvalue weighted by atomic mass is 10.0. The molecule has 1 aliphatic heterocycles. The standard InChI is InChI=1S/C22H34N2O3/c1-4-19(5-2)22(26)24-14-9-13-23(15-16-24)21(25)12-8-17-27-20-11-7-6-10-18(20)3/h6-7,10-11,19H,4-5,8-9,12-17H2,1-3H3. The van der Waals surface area contributed by atoms with Crippen molar-refractivity contribution in [1.29, 1.82) is 0 Å². The molecule has 0 aromatic heterocycles. The summed E-state index contributed by atoms with van der Waals surface area (Å²) in [4.78, 5) is 28.9. The highest BCUT2D eigenvalue weighted by atomic mass is 16.5. The third kappa shape index (κ3) is 6.26. The SMILES string of the molecule is CCC(CC)C(=O)N1CCCN(C(=O)CCCOc2ccccc2C)CC1. The van der Waals surface area contributed by atoms with Gasteiger partial charge in [0.15, 0.2) is 0 Å². The van der Waals surface area contributed by atoms with Gasteiger partial charge >= 0.3 is 0 Å². The van der Waals surface area contributed by atoms with Crippen molar-refractivity contribution in [3.63, 3.8) is 0 Å². The summed E-state index contributed by atoms with van der Waals surface area (Å²) in [6.45, 7) is 9.50. The van der Waals surface area contributed by atoms with Crippen LogP contribution in [0.15, 0.2) is 24.3 Å². The monoisotopic (exact) mass is 374 g/mol. The molecule has 5 heteroatoms. The Kier molecular flexibility index (Phi) is 8.62. The highest BCUT2D eigenvalue weighted by Gasteiger charge is 2.25. The molecule has 0 saturated carbocycles. The molecule has 2 amide bonds. The van der Waals surface area contributed by atoms with Crippen LogP contribution in [-0.2, 0) is 9.59 Å². The van der Waals surface area contributed by atoms with E-state index in [1.54, 1.807) is 0 Å². The van der Waals surface area contributed by atoms with Gasteiger partial charge in [0, 0.05) is 38.5 Å². The average Bonchev–Trinajstić information content (AvgIpc) is 2.93. The van der Waals surface area contributed by atoms with Crippen LogP contribution >= 0.6 is 0 Å². The molecule has 1 aliphatic rings. The smallest absolute Gasteiger partial charge is 0.225 e. The van der Waals surface area contributed by atoms with E-state index in [-0.39, 0.29) is 17.7 Å². The predicted molar refractivity (Wildman–Crippen MR) is 108 cm³/mol. The average molecular weight is 375 g/mol. The molecular formula is C22H34N2O3. The fraction of sp³-hybridized carbons (Fsp3) is 0.636. The first-order valence-electron chi connectivity index (χ1n) is 10.3. The number of aryl methyl sites for hydroxylation is 1. The van der Waals surface area contributed by atoms with Crippen molar-refractivity contribution < 1.29 is 14.3 Å². The molecule has 1 aromatic carbocycles. The van der Waals surface area contributed by atoms with Crippen LogP contribution in [0.5, 0.6) is 5.75 Å². The maximum atomic E-state index is 12.6. The first kappa shape index (κ1) is 21.3. The number of carbonyl (C=O) groups is 2. The second-order valence-corrected chi connectivity index (χ2v) is 7.29. The lowest BCUT2D eigenvalue weighted by Crippen LogP contribution is -2.39. The summed E-state index contributed by atoms with van der Waals surface area (Å²) in [5.41, 5.74) is 1.11. The van der Waals surface area contributed by atoms with E-state index >= 15 is 0 Å². The number of hydrogen-bond acceptors (Lipinski definition) is 3. The van der Waals surface area contributed by atoms with Gasteiger partial charge < -0.3 is 14.5 Å². The van der Waals surface area contributed by atoms with Crippen LogP contribution in [0, 0.1) is 12.8 Å². The molecule has 0 atom stereocenters. The fourth-order valence-corrected chi connectivity index (χ4v) is 3.57. The van der Waals surface area contributed by atoms with Crippen molar-refractivity contribution >= 4 is 11.8 Å². The zero-order chi connectivity index (χ0) is 19.6. The largest absolute Gasteiger partial charge is 0.493 e. The molecule has 0 bridgehead atoms. The van der Waals surface area contributed by atoms with Gasteiger partial charge in [-0.15, -0.1) is 0 Å². The van der Waals surface area contributed by atoms with E-state index in [2.05, 4.69) is 13.8 Å². The Balaban J connectivity index is 1.74. The van der Waals surface area contributed by atoms with Gasteiger partial charge in [-0.2, -0.15) is 0 Å². The number of nitrogens with zero attached hydrogens (tertiary/aromatic N) is 2. The zero-order valence-electron chi connectivity index (χ0n) is 17.1. The van der Waals surface area contributed by atoms with Gasteiger partial charge in [0.25, 0.3) is 0 Å². The van der Waals surface area contributed by atoms with E-state index in [9.17, 15) is 9.59 Å². The van der Waals surface area contributed by atoms with Crippen LogP contribution in [-0.4, -0.2) is 54.4 Å². The first-order chi connectivity index (χ1) is 13.1. The van der Waals surface area contributed by atoms with E-state index in [4.69, 9.17) is 4.74 Å². The molecule has 1 aromatic rings. The molecule has 0 N–H and O–H groups in total. The molecule has 27 heavy (non-hydrogen) atoms. The van der Waals surface area contributed by atoms with Crippen LogP contribution in [0.4, 0.5) is 0 Å². The van der Waals surface area contributed by atoms with Crippen LogP contribution in [0.2, 0.25) is 0 Å². The summed E-state index contributed by atoms with van der Waals surface area (Å²) in [5, 5.41) is 0. The number of benzene rings is 1. The minimum absolute atomic E-state index is 0.117. The van der Waals surface area contributed by atoms with Crippen molar-refractivity contribution in [2.24, 2.45) is 5.92 Å². The molecule has 1 heterocycles. The van der Waals surface area contributed by atoms with E-state index < -0.39 is 0 Å². The lowest BCUT2D eigenvalue weighted by Gasteiger charge is -2.25. The number of amides is 2. The second kappa shape index (κ2) is 11.0. The highest BCUT2D eigenvalue weighted by molar-refractivity contribution is 5.79. The summed E-state index contributed by atoms with van der Waals surface area (Å²) in [6, 6.07) is 7.92. The van der Waals surface area contributed by atoms with Crippen molar-refractivity contribution in [3.8, 4) is 5.75 Å². The Morgan fingerprint density at radius 2 is 1.70 bits per heavy atom. The summed E-state index contributed by atoms with van der Waals surface area (Å²) in [7, 11) is 0. The van der Waals surface area contributed by atoms with Gasteiger partial charge in [0.1, 0.15) is 5.75 Å². The van der Waals surface area contributed by atoms with Gasteiger partial charge in [-0.05, 0) is 44.2 Å². The van der Waals surface area contributed by atoms with Gasteiger partial charge in [0.05, 0.1) is 6.61 Å². The fourth-order valence-electron chi connectivity index (χ4n) is 3.57.